The molecule has 0 radical (unpaired) electrons. The van der Waals surface area contributed by atoms with Crippen molar-refractivity contribution >= 4 is 11.8 Å². The Labute approximate surface area is 103 Å². The van der Waals surface area contributed by atoms with E-state index < -0.39 is 23.7 Å². The Morgan fingerprint density at radius 1 is 1.33 bits per heavy atom. The van der Waals surface area contributed by atoms with E-state index in [0.29, 0.717) is 13.0 Å². The number of nitrogens with one attached hydrogen (secondary N) is 2. The first-order valence-corrected chi connectivity index (χ1v) is 5.64. The van der Waals surface area contributed by atoms with Crippen molar-refractivity contribution in [3.8, 4) is 0 Å². The number of carbonyl (C=O) groups is 2. The topological polar surface area (TPSA) is 67.4 Å². The highest BCUT2D eigenvalue weighted by Crippen LogP contribution is 2.11. The van der Waals surface area contributed by atoms with Crippen molar-refractivity contribution in [3.63, 3.8) is 0 Å². The number of amides is 2. The molecule has 0 spiro atoms. The Hall–Kier alpha value is -1.95. The average molecular weight is 252 g/mol. The second-order valence-electron chi connectivity index (χ2n) is 3.96. The van der Waals surface area contributed by atoms with E-state index >= 15 is 0 Å². The van der Waals surface area contributed by atoms with Gasteiger partial charge in [-0.15, -0.1) is 0 Å². The van der Waals surface area contributed by atoms with Crippen molar-refractivity contribution in [1.82, 2.24) is 10.9 Å². The summed E-state index contributed by atoms with van der Waals surface area (Å²) in [7, 11) is 0. The molecule has 1 fully saturated rings. The first-order chi connectivity index (χ1) is 8.66. The molecule has 0 bridgehead atoms. The SMILES string of the molecule is O=C(NNC(=O)[C@@H]1CCCO1)c1cccc(F)c1. The summed E-state index contributed by atoms with van der Waals surface area (Å²) in [6.07, 6.45) is 0.954. The number of benzene rings is 1. The van der Waals surface area contributed by atoms with Crippen LogP contribution in [0.15, 0.2) is 24.3 Å². The number of rotatable bonds is 2. The van der Waals surface area contributed by atoms with Gasteiger partial charge in [-0.3, -0.25) is 20.4 Å². The Kier molecular flexibility index (Phi) is 3.88. The summed E-state index contributed by atoms with van der Waals surface area (Å²) >= 11 is 0. The number of hydrazine groups is 1. The zero-order valence-corrected chi connectivity index (χ0v) is 9.61. The summed E-state index contributed by atoms with van der Waals surface area (Å²) < 4.78 is 18.0. The van der Waals surface area contributed by atoms with E-state index in [1.807, 2.05) is 0 Å². The Bertz CT molecular complexity index is 458. The normalized spacial score (nSPS) is 18.4. The summed E-state index contributed by atoms with van der Waals surface area (Å²) in [6.45, 7) is 0.552. The summed E-state index contributed by atoms with van der Waals surface area (Å²) in [5.41, 5.74) is 4.62. The molecular formula is C12H13FN2O3. The van der Waals surface area contributed by atoms with Crippen LogP contribution in [0.2, 0.25) is 0 Å². The highest BCUT2D eigenvalue weighted by atomic mass is 19.1. The van der Waals surface area contributed by atoms with Gasteiger partial charge in [0.1, 0.15) is 11.9 Å². The maximum Gasteiger partial charge on any atom is 0.269 e. The molecule has 1 atom stereocenters. The van der Waals surface area contributed by atoms with Crippen molar-refractivity contribution in [3.05, 3.63) is 35.6 Å². The summed E-state index contributed by atoms with van der Waals surface area (Å²) in [5.74, 6) is -1.47. The molecule has 2 N–H and O–H groups in total. The van der Waals surface area contributed by atoms with Crippen LogP contribution in [0.5, 0.6) is 0 Å². The van der Waals surface area contributed by atoms with E-state index in [9.17, 15) is 14.0 Å². The van der Waals surface area contributed by atoms with E-state index in [0.717, 1.165) is 12.5 Å². The summed E-state index contributed by atoms with van der Waals surface area (Å²) in [4.78, 5) is 23.1. The van der Waals surface area contributed by atoms with E-state index in [-0.39, 0.29) is 5.56 Å². The largest absolute Gasteiger partial charge is 0.368 e. The Morgan fingerprint density at radius 2 is 2.17 bits per heavy atom. The number of hydrogen-bond acceptors (Lipinski definition) is 3. The van der Waals surface area contributed by atoms with Gasteiger partial charge >= 0.3 is 0 Å². The minimum Gasteiger partial charge on any atom is -0.368 e. The third-order valence-electron chi connectivity index (χ3n) is 2.61. The Morgan fingerprint density at radius 3 is 2.83 bits per heavy atom. The molecule has 2 rings (SSSR count). The zero-order chi connectivity index (χ0) is 13.0. The van der Waals surface area contributed by atoms with Gasteiger partial charge in [0.05, 0.1) is 0 Å². The molecule has 0 saturated carbocycles. The van der Waals surface area contributed by atoms with Crippen LogP contribution in [0, 0.1) is 5.82 Å². The van der Waals surface area contributed by atoms with Gasteiger partial charge in [0.15, 0.2) is 0 Å². The molecule has 96 valence electrons. The van der Waals surface area contributed by atoms with Crippen molar-refractivity contribution in [1.29, 1.82) is 0 Å². The van der Waals surface area contributed by atoms with Crippen molar-refractivity contribution in [2.45, 2.75) is 18.9 Å². The second-order valence-corrected chi connectivity index (χ2v) is 3.96. The highest BCUT2D eigenvalue weighted by Gasteiger charge is 2.23. The van der Waals surface area contributed by atoms with Crippen molar-refractivity contribution in [2.24, 2.45) is 0 Å². The minimum atomic E-state index is -0.569. The lowest BCUT2D eigenvalue weighted by atomic mass is 10.2. The first-order valence-electron chi connectivity index (χ1n) is 5.64. The molecule has 1 aliphatic heterocycles. The average Bonchev–Trinajstić information content (AvgIpc) is 2.89. The molecule has 1 aliphatic rings. The van der Waals surface area contributed by atoms with Crippen LogP contribution < -0.4 is 10.9 Å². The number of hydrogen-bond donors (Lipinski definition) is 2. The maximum atomic E-state index is 12.9. The van der Waals surface area contributed by atoms with Gasteiger partial charge in [-0.05, 0) is 31.0 Å². The van der Waals surface area contributed by atoms with Gasteiger partial charge in [-0.25, -0.2) is 4.39 Å². The van der Waals surface area contributed by atoms with Crippen LogP contribution >= 0.6 is 0 Å². The summed E-state index contributed by atoms with van der Waals surface area (Å²) in [5, 5.41) is 0. The molecule has 1 aromatic carbocycles. The van der Waals surface area contributed by atoms with E-state index in [4.69, 9.17) is 4.74 Å². The third-order valence-corrected chi connectivity index (χ3v) is 2.61. The predicted molar refractivity (Wildman–Crippen MR) is 61.0 cm³/mol. The molecule has 0 aliphatic carbocycles. The Balaban J connectivity index is 1.86. The highest BCUT2D eigenvalue weighted by molar-refractivity contribution is 5.95. The van der Waals surface area contributed by atoms with Crippen molar-refractivity contribution < 1.29 is 18.7 Å². The number of carbonyl (C=O) groups excluding carboxylic acids is 2. The van der Waals surface area contributed by atoms with Crippen LogP contribution in [0.1, 0.15) is 23.2 Å². The molecule has 1 heterocycles. The van der Waals surface area contributed by atoms with E-state index in [2.05, 4.69) is 10.9 Å². The van der Waals surface area contributed by atoms with Crippen molar-refractivity contribution in [2.75, 3.05) is 6.61 Å². The van der Waals surface area contributed by atoms with Gasteiger partial charge in [-0.1, -0.05) is 6.07 Å². The molecule has 5 nitrogen and oxygen atoms in total. The molecule has 18 heavy (non-hydrogen) atoms. The van der Waals surface area contributed by atoms with Gasteiger partial charge in [-0.2, -0.15) is 0 Å². The van der Waals surface area contributed by atoms with Gasteiger partial charge in [0.25, 0.3) is 11.8 Å². The molecule has 1 saturated heterocycles. The quantitative estimate of drug-likeness (QED) is 0.764. The number of ether oxygens (including phenoxy) is 1. The molecule has 1 aromatic rings. The fourth-order valence-corrected chi connectivity index (χ4v) is 1.69. The molecule has 0 aromatic heterocycles. The smallest absolute Gasteiger partial charge is 0.269 e. The fourth-order valence-electron chi connectivity index (χ4n) is 1.69. The lowest BCUT2D eigenvalue weighted by Crippen LogP contribution is -2.46. The maximum absolute atomic E-state index is 12.9. The lowest BCUT2D eigenvalue weighted by Gasteiger charge is -2.11. The van der Waals surface area contributed by atoms with Gasteiger partial charge in [0, 0.05) is 12.2 Å². The van der Waals surface area contributed by atoms with Crippen LogP contribution in [0.3, 0.4) is 0 Å². The summed E-state index contributed by atoms with van der Waals surface area (Å²) in [6, 6.07) is 5.21. The standard InChI is InChI=1S/C12H13FN2O3/c13-9-4-1-3-8(7-9)11(16)14-15-12(17)10-5-2-6-18-10/h1,3-4,7,10H,2,5-6H2,(H,14,16)(H,15,17)/t10-/m0/s1. The van der Waals surface area contributed by atoms with Crippen LogP contribution in [-0.2, 0) is 9.53 Å². The van der Waals surface area contributed by atoms with Crippen LogP contribution in [0.4, 0.5) is 4.39 Å². The van der Waals surface area contributed by atoms with Gasteiger partial charge < -0.3 is 4.74 Å². The zero-order valence-electron chi connectivity index (χ0n) is 9.61. The lowest BCUT2D eigenvalue weighted by molar-refractivity contribution is -0.130. The monoisotopic (exact) mass is 252 g/mol. The van der Waals surface area contributed by atoms with E-state index in [1.165, 1.54) is 18.2 Å². The minimum absolute atomic E-state index is 0.141. The molecule has 6 heteroatoms. The second kappa shape index (κ2) is 5.59. The molecule has 0 unspecified atom stereocenters. The van der Waals surface area contributed by atoms with Gasteiger partial charge in [0.2, 0.25) is 0 Å². The predicted octanol–water partition coefficient (Wildman–Crippen LogP) is 0.766. The fraction of sp³-hybridized carbons (Fsp3) is 0.333. The van der Waals surface area contributed by atoms with E-state index in [1.54, 1.807) is 0 Å². The first kappa shape index (κ1) is 12.5. The number of halogens is 1. The van der Waals surface area contributed by atoms with Crippen LogP contribution in [-0.4, -0.2) is 24.5 Å². The third kappa shape index (κ3) is 3.04. The molecule has 2 amide bonds. The molecular weight excluding hydrogens is 239 g/mol. The van der Waals surface area contributed by atoms with Crippen LogP contribution in [0.25, 0.3) is 0 Å².